The molecule has 8 heteroatoms. The summed E-state index contributed by atoms with van der Waals surface area (Å²) in [7, 11) is 0. The quantitative estimate of drug-likeness (QED) is 0.868. The zero-order chi connectivity index (χ0) is 17.2. The number of nitrogens with zero attached hydrogens (tertiary/aromatic N) is 2. The number of carbonyl (C=O) groups is 2. The lowest BCUT2D eigenvalue weighted by molar-refractivity contribution is -0.129. The Morgan fingerprint density at radius 1 is 1.46 bits per heavy atom. The van der Waals surface area contributed by atoms with Crippen LogP contribution in [0.2, 0.25) is 0 Å². The van der Waals surface area contributed by atoms with Gasteiger partial charge in [-0.2, -0.15) is 0 Å². The second-order valence-corrected chi connectivity index (χ2v) is 7.60. The first-order valence-electron chi connectivity index (χ1n) is 7.55. The van der Waals surface area contributed by atoms with Gasteiger partial charge in [-0.3, -0.25) is 14.6 Å². The lowest BCUT2D eigenvalue weighted by Crippen LogP contribution is -2.56. The number of nitrogens with one attached hydrogen (secondary N) is 2. The predicted molar refractivity (Wildman–Crippen MR) is 90.0 cm³/mol. The van der Waals surface area contributed by atoms with Crippen LogP contribution in [-0.2, 0) is 16.1 Å². The number of hydrogen-bond donors (Lipinski definition) is 2. The molecule has 0 saturated carbocycles. The Balaban J connectivity index is 1.56. The molecule has 24 heavy (non-hydrogen) atoms. The molecule has 3 heterocycles. The molecule has 2 amide bonds. The van der Waals surface area contributed by atoms with Crippen molar-refractivity contribution in [3.8, 4) is 11.4 Å². The lowest BCUT2D eigenvalue weighted by atomic mass is 10.1. The molecule has 0 aromatic carbocycles. The molecule has 1 atom stereocenters. The van der Waals surface area contributed by atoms with Crippen LogP contribution in [0.1, 0.15) is 19.6 Å². The third-order valence-corrected chi connectivity index (χ3v) is 5.11. The first kappa shape index (κ1) is 16.5. The van der Waals surface area contributed by atoms with Crippen molar-refractivity contribution in [3.05, 3.63) is 36.2 Å². The average Bonchev–Trinajstić information content (AvgIpc) is 3.05. The molecule has 126 valence electrons. The number of rotatable bonds is 4. The van der Waals surface area contributed by atoms with Crippen LogP contribution in [0, 0.1) is 0 Å². The molecule has 1 aliphatic heterocycles. The van der Waals surface area contributed by atoms with Gasteiger partial charge in [0.15, 0.2) is 5.76 Å². The maximum Gasteiger partial charge on any atom is 0.243 e. The van der Waals surface area contributed by atoms with Crippen molar-refractivity contribution in [1.82, 2.24) is 20.8 Å². The average molecular weight is 346 g/mol. The highest BCUT2D eigenvalue weighted by Crippen LogP contribution is 2.29. The normalized spacial score (nSPS) is 19.6. The van der Waals surface area contributed by atoms with Crippen LogP contribution in [0.25, 0.3) is 11.4 Å². The number of amides is 2. The van der Waals surface area contributed by atoms with E-state index in [1.807, 2.05) is 32.0 Å². The van der Waals surface area contributed by atoms with Crippen molar-refractivity contribution in [1.29, 1.82) is 0 Å². The molecular weight excluding hydrogens is 328 g/mol. The largest absolute Gasteiger partial charge is 0.359 e. The summed E-state index contributed by atoms with van der Waals surface area (Å²) in [6.45, 7) is 3.89. The van der Waals surface area contributed by atoms with E-state index in [1.54, 1.807) is 12.3 Å². The van der Waals surface area contributed by atoms with Crippen molar-refractivity contribution in [2.75, 3.05) is 5.75 Å². The Kier molecular flexibility index (Phi) is 4.57. The first-order chi connectivity index (χ1) is 11.5. The summed E-state index contributed by atoms with van der Waals surface area (Å²) >= 11 is 1.47. The van der Waals surface area contributed by atoms with Gasteiger partial charge in [-0.15, -0.1) is 11.8 Å². The molecule has 0 aliphatic carbocycles. The summed E-state index contributed by atoms with van der Waals surface area (Å²) in [5.74, 6) is 0.706. The first-order valence-corrected chi connectivity index (χ1v) is 8.54. The Labute approximate surface area is 143 Å². The fourth-order valence-corrected chi connectivity index (χ4v) is 3.21. The van der Waals surface area contributed by atoms with E-state index in [2.05, 4.69) is 20.8 Å². The maximum absolute atomic E-state index is 12.2. The Hall–Kier alpha value is -2.35. The topological polar surface area (TPSA) is 97.1 Å². The number of aromatic nitrogens is 2. The van der Waals surface area contributed by atoms with Crippen LogP contribution in [0.5, 0.6) is 0 Å². The van der Waals surface area contributed by atoms with Gasteiger partial charge in [0.1, 0.15) is 11.7 Å². The van der Waals surface area contributed by atoms with Crippen molar-refractivity contribution in [2.45, 2.75) is 31.2 Å². The highest BCUT2D eigenvalue weighted by atomic mass is 32.2. The van der Waals surface area contributed by atoms with Crippen LogP contribution in [0.3, 0.4) is 0 Å². The SMILES string of the molecule is CC1(C)SC[C@@H](C(=O)NCc2cc(-c3ccccn3)no2)NC1=O. The Morgan fingerprint density at radius 2 is 2.29 bits per heavy atom. The molecule has 2 N–H and O–H groups in total. The molecule has 7 nitrogen and oxygen atoms in total. The van der Waals surface area contributed by atoms with Crippen LogP contribution < -0.4 is 10.6 Å². The molecule has 0 spiro atoms. The molecule has 2 aromatic heterocycles. The third kappa shape index (κ3) is 3.59. The second kappa shape index (κ2) is 6.64. The summed E-state index contributed by atoms with van der Waals surface area (Å²) in [5, 5.41) is 9.45. The number of pyridine rings is 1. The molecule has 2 aromatic rings. The fraction of sp³-hybridized carbons (Fsp3) is 0.375. The van der Waals surface area contributed by atoms with E-state index >= 15 is 0 Å². The summed E-state index contributed by atoms with van der Waals surface area (Å²) in [6, 6.07) is 6.72. The minimum absolute atomic E-state index is 0.129. The lowest BCUT2D eigenvalue weighted by Gasteiger charge is -2.32. The van der Waals surface area contributed by atoms with Crippen molar-refractivity contribution in [2.24, 2.45) is 0 Å². The molecule has 3 rings (SSSR count). The molecule has 0 radical (unpaired) electrons. The maximum atomic E-state index is 12.2. The van der Waals surface area contributed by atoms with Crippen LogP contribution in [0.15, 0.2) is 35.0 Å². The van der Waals surface area contributed by atoms with Gasteiger partial charge in [-0.25, -0.2) is 0 Å². The van der Waals surface area contributed by atoms with E-state index in [9.17, 15) is 9.59 Å². The van der Waals surface area contributed by atoms with E-state index in [0.29, 0.717) is 22.9 Å². The van der Waals surface area contributed by atoms with Gasteiger partial charge in [0.25, 0.3) is 0 Å². The summed E-state index contributed by atoms with van der Waals surface area (Å²) in [4.78, 5) is 28.3. The standard InChI is InChI=1S/C16H18N4O3S/c1-16(2)15(22)19-13(9-24-16)14(21)18-8-10-7-12(20-23-10)11-5-3-4-6-17-11/h3-7,13H,8-9H2,1-2H3,(H,18,21)(H,19,22)/t13-/m0/s1. The smallest absolute Gasteiger partial charge is 0.243 e. The third-order valence-electron chi connectivity index (χ3n) is 3.70. The zero-order valence-corrected chi connectivity index (χ0v) is 14.2. The van der Waals surface area contributed by atoms with Gasteiger partial charge in [0.2, 0.25) is 11.8 Å². The highest BCUT2D eigenvalue weighted by molar-refractivity contribution is 8.01. The van der Waals surface area contributed by atoms with E-state index in [-0.39, 0.29) is 18.4 Å². The number of carbonyl (C=O) groups excluding carboxylic acids is 2. The van der Waals surface area contributed by atoms with E-state index in [4.69, 9.17) is 4.52 Å². The van der Waals surface area contributed by atoms with Crippen LogP contribution >= 0.6 is 11.8 Å². The van der Waals surface area contributed by atoms with Crippen LogP contribution in [-0.4, -0.2) is 38.5 Å². The van der Waals surface area contributed by atoms with Gasteiger partial charge in [0, 0.05) is 18.0 Å². The summed E-state index contributed by atoms with van der Waals surface area (Å²) in [6.07, 6.45) is 1.68. The molecular formula is C16H18N4O3S. The summed E-state index contributed by atoms with van der Waals surface area (Å²) < 4.78 is 4.71. The van der Waals surface area contributed by atoms with Gasteiger partial charge in [0.05, 0.1) is 17.0 Å². The van der Waals surface area contributed by atoms with Gasteiger partial charge in [-0.05, 0) is 26.0 Å². The minimum atomic E-state index is -0.534. The van der Waals surface area contributed by atoms with Gasteiger partial charge < -0.3 is 15.2 Å². The second-order valence-electron chi connectivity index (χ2n) is 5.96. The molecule has 1 aliphatic rings. The Morgan fingerprint density at radius 3 is 3.00 bits per heavy atom. The number of hydrogen-bond acceptors (Lipinski definition) is 6. The van der Waals surface area contributed by atoms with Gasteiger partial charge >= 0.3 is 0 Å². The van der Waals surface area contributed by atoms with Crippen molar-refractivity contribution < 1.29 is 14.1 Å². The minimum Gasteiger partial charge on any atom is -0.359 e. The highest BCUT2D eigenvalue weighted by Gasteiger charge is 2.37. The number of thioether (sulfide) groups is 1. The molecule has 1 saturated heterocycles. The predicted octanol–water partition coefficient (Wildman–Crippen LogP) is 1.36. The summed E-state index contributed by atoms with van der Waals surface area (Å²) in [5.41, 5.74) is 1.32. The molecule has 0 unspecified atom stereocenters. The van der Waals surface area contributed by atoms with Gasteiger partial charge in [-0.1, -0.05) is 11.2 Å². The monoisotopic (exact) mass is 346 g/mol. The van der Waals surface area contributed by atoms with E-state index in [1.165, 1.54) is 11.8 Å². The Bertz CT molecular complexity index is 745. The van der Waals surface area contributed by atoms with Crippen LogP contribution in [0.4, 0.5) is 0 Å². The fourth-order valence-electron chi connectivity index (χ4n) is 2.20. The molecule has 0 bridgehead atoms. The van der Waals surface area contributed by atoms with Crippen molar-refractivity contribution in [3.63, 3.8) is 0 Å². The van der Waals surface area contributed by atoms with E-state index in [0.717, 1.165) is 0 Å². The van der Waals surface area contributed by atoms with Crippen molar-refractivity contribution >= 4 is 23.6 Å². The van der Waals surface area contributed by atoms with E-state index < -0.39 is 10.8 Å². The zero-order valence-electron chi connectivity index (χ0n) is 13.4. The molecule has 1 fully saturated rings.